The second kappa shape index (κ2) is 5.30. The lowest BCUT2D eigenvalue weighted by atomic mass is 10.2. The number of nitrogens with zero attached hydrogens (tertiary/aromatic N) is 5. The van der Waals surface area contributed by atoms with Crippen LogP contribution in [0.1, 0.15) is 31.4 Å². The van der Waals surface area contributed by atoms with E-state index >= 15 is 0 Å². The summed E-state index contributed by atoms with van der Waals surface area (Å²) in [5.74, 6) is 2.68. The van der Waals surface area contributed by atoms with E-state index in [4.69, 9.17) is 11.6 Å². The molecular formula is C11H15ClN6. The first-order valence-corrected chi connectivity index (χ1v) is 6.05. The standard InChI is InChI=1S/C11H15ClN6/c1-7(2)10-17-16-9(18(10)3)6-15-11-13-4-8(12)5-14-11/h4-5,7H,6H2,1-3H3,(H,13,14,15). The lowest BCUT2D eigenvalue weighted by Crippen LogP contribution is -2.09. The van der Waals surface area contributed by atoms with Crippen LogP contribution in [0.4, 0.5) is 5.95 Å². The Morgan fingerprint density at radius 1 is 1.28 bits per heavy atom. The zero-order valence-corrected chi connectivity index (χ0v) is 11.3. The molecule has 0 aliphatic rings. The topological polar surface area (TPSA) is 68.5 Å². The highest BCUT2D eigenvalue weighted by Gasteiger charge is 2.11. The van der Waals surface area contributed by atoms with Crippen LogP contribution in [0, 0.1) is 0 Å². The zero-order chi connectivity index (χ0) is 13.1. The molecule has 6 nitrogen and oxygen atoms in total. The van der Waals surface area contributed by atoms with Crippen molar-refractivity contribution in [2.24, 2.45) is 7.05 Å². The summed E-state index contributed by atoms with van der Waals surface area (Å²) < 4.78 is 1.98. The van der Waals surface area contributed by atoms with E-state index in [1.165, 1.54) is 0 Å². The minimum Gasteiger partial charge on any atom is -0.347 e. The Labute approximate surface area is 110 Å². The minimum absolute atomic E-state index is 0.350. The van der Waals surface area contributed by atoms with Crippen molar-refractivity contribution in [3.05, 3.63) is 29.1 Å². The maximum absolute atomic E-state index is 5.71. The number of hydrogen-bond donors (Lipinski definition) is 1. The number of halogens is 1. The molecule has 0 saturated heterocycles. The van der Waals surface area contributed by atoms with Crippen LogP contribution in [0.3, 0.4) is 0 Å². The van der Waals surface area contributed by atoms with Gasteiger partial charge in [-0.15, -0.1) is 10.2 Å². The molecule has 0 aromatic carbocycles. The fraction of sp³-hybridized carbons (Fsp3) is 0.455. The molecule has 2 aromatic rings. The summed E-state index contributed by atoms with van der Waals surface area (Å²) in [6.45, 7) is 4.70. The molecule has 0 fully saturated rings. The van der Waals surface area contributed by atoms with Crippen LogP contribution in [-0.2, 0) is 13.6 Å². The third-order valence-electron chi connectivity index (χ3n) is 2.54. The summed E-state index contributed by atoms with van der Waals surface area (Å²) in [7, 11) is 1.95. The second-order valence-corrected chi connectivity index (χ2v) is 4.70. The van der Waals surface area contributed by atoms with Crippen LogP contribution in [0.2, 0.25) is 5.02 Å². The van der Waals surface area contributed by atoms with Crippen molar-refractivity contribution in [2.75, 3.05) is 5.32 Å². The third-order valence-corrected chi connectivity index (χ3v) is 2.74. The smallest absolute Gasteiger partial charge is 0.223 e. The fourth-order valence-electron chi connectivity index (χ4n) is 1.59. The first-order chi connectivity index (χ1) is 8.58. The van der Waals surface area contributed by atoms with Gasteiger partial charge in [-0.2, -0.15) is 0 Å². The van der Waals surface area contributed by atoms with Crippen LogP contribution >= 0.6 is 11.6 Å². The Bertz CT molecular complexity index is 519. The van der Waals surface area contributed by atoms with Gasteiger partial charge in [-0.1, -0.05) is 25.4 Å². The Kier molecular flexibility index (Phi) is 3.76. The zero-order valence-electron chi connectivity index (χ0n) is 10.6. The molecule has 0 spiro atoms. The Morgan fingerprint density at radius 2 is 1.94 bits per heavy atom. The van der Waals surface area contributed by atoms with Gasteiger partial charge in [-0.3, -0.25) is 0 Å². The third kappa shape index (κ3) is 2.76. The van der Waals surface area contributed by atoms with E-state index in [-0.39, 0.29) is 0 Å². The molecule has 0 saturated carbocycles. The van der Waals surface area contributed by atoms with Crippen LogP contribution < -0.4 is 5.32 Å². The van der Waals surface area contributed by atoms with Crippen molar-refractivity contribution in [1.29, 1.82) is 0 Å². The van der Waals surface area contributed by atoms with Gasteiger partial charge < -0.3 is 9.88 Å². The molecular weight excluding hydrogens is 252 g/mol. The number of anilines is 1. The van der Waals surface area contributed by atoms with Crippen molar-refractivity contribution >= 4 is 17.5 Å². The summed E-state index contributed by atoms with van der Waals surface area (Å²) in [5, 5.41) is 11.9. The quantitative estimate of drug-likeness (QED) is 0.917. The molecule has 1 N–H and O–H groups in total. The van der Waals surface area contributed by atoms with Gasteiger partial charge in [-0.25, -0.2) is 9.97 Å². The van der Waals surface area contributed by atoms with Crippen molar-refractivity contribution in [3.8, 4) is 0 Å². The molecule has 0 unspecified atom stereocenters. The average Bonchev–Trinajstić information content (AvgIpc) is 2.70. The summed E-state index contributed by atoms with van der Waals surface area (Å²) in [4.78, 5) is 8.11. The van der Waals surface area contributed by atoms with Gasteiger partial charge in [0, 0.05) is 13.0 Å². The molecule has 0 radical (unpaired) electrons. The number of rotatable bonds is 4. The average molecular weight is 267 g/mol. The molecule has 0 amide bonds. The largest absolute Gasteiger partial charge is 0.347 e. The highest BCUT2D eigenvalue weighted by atomic mass is 35.5. The van der Waals surface area contributed by atoms with E-state index in [0.29, 0.717) is 23.4 Å². The van der Waals surface area contributed by atoms with Crippen molar-refractivity contribution in [3.63, 3.8) is 0 Å². The molecule has 0 atom stereocenters. The van der Waals surface area contributed by atoms with Crippen LogP contribution in [0.15, 0.2) is 12.4 Å². The summed E-state index contributed by atoms with van der Waals surface area (Å²) in [6.07, 6.45) is 3.10. The summed E-state index contributed by atoms with van der Waals surface area (Å²) >= 11 is 5.71. The van der Waals surface area contributed by atoms with Crippen molar-refractivity contribution in [2.45, 2.75) is 26.3 Å². The Balaban J connectivity index is 2.04. The van der Waals surface area contributed by atoms with Gasteiger partial charge in [0.15, 0.2) is 5.82 Å². The van der Waals surface area contributed by atoms with Gasteiger partial charge in [0.05, 0.1) is 24.0 Å². The van der Waals surface area contributed by atoms with Crippen molar-refractivity contribution in [1.82, 2.24) is 24.7 Å². The van der Waals surface area contributed by atoms with Crippen LogP contribution in [-0.4, -0.2) is 24.7 Å². The van der Waals surface area contributed by atoms with Gasteiger partial charge in [0.2, 0.25) is 5.95 Å². The molecule has 0 aliphatic heterocycles. The lowest BCUT2D eigenvalue weighted by Gasteiger charge is -2.07. The maximum atomic E-state index is 5.71. The maximum Gasteiger partial charge on any atom is 0.223 e. The van der Waals surface area contributed by atoms with Gasteiger partial charge in [-0.05, 0) is 0 Å². The second-order valence-electron chi connectivity index (χ2n) is 4.27. The summed E-state index contributed by atoms with van der Waals surface area (Å²) in [5.41, 5.74) is 0. The normalized spacial score (nSPS) is 10.9. The fourth-order valence-corrected chi connectivity index (χ4v) is 1.69. The lowest BCUT2D eigenvalue weighted by molar-refractivity contribution is 0.692. The number of nitrogens with one attached hydrogen (secondary N) is 1. The summed E-state index contributed by atoms with van der Waals surface area (Å²) in [6, 6.07) is 0. The molecule has 0 bridgehead atoms. The highest BCUT2D eigenvalue weighted by Crippen LogP contribution is 2.12. The molecule has 96 valence electrons. The SMILES string of the molecule is CC(C)c1nnc(CNc2ncc(Cl)cn2)n1C. The minimum atomic E-state index is 0.350. The van der Waals surface area contributed by atoms with Gasteiger partial charge >= 0.3 is 0 Å². The Morgan fingerprint density at radius 3 is 2.50 bits per heavy atom. The number of aromatic nitrogens is 5. The molecule has 18 heavy (non-hydrogen) atoms. The molecule has 0 aliphatic carbocycles. The van der Waals surface area contributed by atoms with E-state index < -0.39 is 0 Å². The monoisotopic (exact) mass is 266 g/mol. The predicted molar refractivity (Wildman–Crippen MR) is 69.5 cm³/mol. The molecule has 7 heteroatoms. The van der Waals surface area contributed by atoms with Crippen LogP contribution in [0.5, 0.6) is 0 Å². The van der Waals surface area contributed by atoms with E-state index in [1.54, 1.807) is 12.4 Å². The van der Waals surface area contributed by atoms with E-state index in [9.17, 15) is 0 Å². The van der Waals surface area contributed by atoms with E-state index in [0.717, 1.165) is 11.6 Å². The molecule has 2 aromatic heterocycles. The molecule has 2 rings (SSSR count). The highest BCUT2D eigenvalue weighted by molar-refractivity contribution is 6.30. The first kappa shape index (κ1) is 12.8. The predicted octanol–water partition coefficient (Wildman–Crippen LogP) is 1.99. The van der Waals surface area contributed by atoms with Gasteiger partial charge in [0.1, 0.15) is 5.82 Å². The Hall–Kier alpha value is -1.69. The van der Waals surface area contributed by atoms with Crippen LogP contribution in [0.25, 0.3) is 0 Å². The van der Waals surface area contributed by atoms with E-state index in [2.05, 4.69) is 39.3 Å². The number of hydrogen-bond acceptors (Lipinski definition) is 5. The molecule has 2 heterocycles. The van der Waals surface area contributed by atoms with Crippen molar-refractivity contribution < 1.29 is 0 Å². The van der Waals surface area contributed by atoms with Gasteiger partial charge in [0.25, 0.3) is 0 Å². The first-order valence-electron chi connectivity index (χ1n) is 5.67. The van der Waals surface area contributed by atoms with E-state index in [1.807, 2.05) is 11.6 Å².